The van der Waals surface area contributed by atoms with Gasteiger partial charge in [-0.25, -0.2) is 0 Å². The van der Waals surface area contributed by atoms with Gasteiger partial charge in [0.15, 0.2) is 0 Å². The number of halogens is 2. The molecular formula is C15H22BrClN2O. The summed E-state index contributed by atoms with van der Waals surface area (Å²) in [6, 6.07) is 5.75. The van der Waals surface area contributed by atoms with E-state index in [9.17, 15) is 4.79 Å². The molecule has 1 heterocycles. The molecule has 112 valence electrons. The van der Waals surface area contributed by atoms with E-state index in [0.717, 1.165) is 41.7 Å². The predicted molar refractivity (Wildman–Crippen MR) is 88.7 cm³/mol. The Morgan fingerprint density at radius 2 is 2.30 bits per heavy atom. The van der Waals surface area contributed by atoms with Gasteiger partial charge in [0.1, 0.15) is 0 Å². The first-order chi connectivity index (χ1) is 9.16. The summed E-state index contributed by atoms with van der Waals surface area (Å²) in [6.07, 6.45) is 3.60. The lowest BCUT2D eigenvalue weighted by Gasteiger charge is -2.22. The fourth-order valence-electron chi connectivity index (χ4n) is 2.54. The van der Waals surface area contributed by atoms with Gasteiger partial charge in [-0.1, -0.05) is 15.9 Å². The van der Waals surface area contributed by atoms with Crippen molar-refractivity contribution in [2.45, 2.75) is 26.2 Å². The fourth-order valence-corrected chi connectivity index (χ4v) is 3.01. The summed E-state index contributed by atoms with van der Waals surface area (Å²) in [7, 11) is 0. The molecule has 0 bridgehead atoms. The molecule has 5 heteroatoms. The van der Waals surface area contributed by atoms with E-state index in [-0.39, 0.29) is 18.3 Å². The molecular weight excluding hydrogens is 340 g/mol. The molecule has 2 N–H and O–H groups in total. The van der Waals surface area contributed by atoms with Gasteiger partial charge in [0.2, 0.25) is 0 Å². The van der Waals surface area contributed by atoms with E-state index in [4.69, 9.17) is 0 Å². The molecule has 1 aliphatic heterocycles. The molecule has 0 saturated carbocycles. The van der Waals surface area contributed by atoms with Crippen LogP contribution in [0.1, 0.15) is 35.2 Å². The molecule has 1 fully saturated rings. The van der Waals surface area contributed by atoms with Crippen molar-refractivity contribution >= 4 is 34.2 Å². The Hall–Kier alpha value is -0.580. The van der Waals surface area contributed by atoms with Crippen molar-refractivity contribution in [2.75, 3.05) is 19.6 Å². The zero-order chi connectivity index (χ0) is 13.7. The van der Waals surface area contributed by atoms with Crippen LogP contribution in [0.15, 0.2) is 22.7 Å². The fraction of sp³-hybridized carbons (Fsp3) is 0.533. The maximum Gasteiger partial charge on any atom is 0.251 e. The molecule has 0 aromatic heterocycles. The van der Waals surface area contributed by atoms with Gasteiger partial charge in [0, 0.05) is 16.6 Å². The molecule has 2 rings (SSSR count). The van der Waals surface area contributed by atoms with E-state index in [0.29, 0.717) is 5.92 Å². The topological polar surface area (TPSA) is 41.1 Å². The lowest BCUT2D eigenvalue weighted by molar-refractivity contribution is 0.0950. The van der Waals surface area contributed by atoms with Crippen LogP contribution in [0.2, 0.25) is 0 Å². The van der Waals surface area contributed by atoms with Crippen LogP contribution in [-0.2, 0) is 0 Å². The summed E-state index contributed by atoms with van der Waals surface area (Å²) in [4.78, 5) is 12.1. The molecule has 0 aliphatic carbocycles. The SMILES string of the molecule is Cc1cc(Br)ccc1C(=O)NCCC1CCCNC1.Cl. The van der Waals surface area contributed by atoms with Gasteiger partial charge in [-0.3, -0.25) is 4.79 Å². The maximum atomic E-state index is 12.1. The van der Waals surface area contributed by atoms with Crippen LogP contribution in [-0.4, -0.2) is 25.5 Å². The van der Waals surface area contributed by atoms with Gasteiger partial charge < -0.3 is 10.6 Å². The highest BCUT2D eigenvalue weighted by Gasteiger charge is 2.14. The van der Waals surface area contributed by atoms with Gasteiger partial charge in [-0.15, -0.1) is 12.4 Å². The van der Waals surface area contributed by atoms with Crippen LogP contribution in [0.4, 0.5) is 0 Å². The highest BCUT2D eigenvalue weighted by molar-refractivity contribution is 9.10. The van der Waals surface area contributed by atoms with E-state index >= 15 is 0 Å². The Morgan fingerprint density at radius 1 is 1.50 bits per heavy atom. The summed E-state index contributed by atoms with van der Waals surface area (Å²) in [6.45, 7) is 4.96. The van der Waals surface area contributed by atoms with Crippen LogP contribution in [0.5, 0.6) is 0 Å². The molecule has 3 nitrogen and oxygen atoms in total. The third kappa shape index (κ3) is 5.08. The number of piperidine rings is 1. The summed E-state index contributed by atoms with van der Waals surface area (Å²) in [5, 5.41) is 6.43. The molecule has 1 aromatic carbocycles. The largest absolute Gasteiger partial charge is 0.352 e. The number of hydrogen-bond acceptors (Lipinski definition) is 2. The summed E-state index contributed by atoms with van der Waals surface area (Å²) >= 11 is 3.41. The smallest absolute Gasteiger partial charge is 0.251 e. The Balaban J connectivity index is 0.00000200. The second-order valence-electron chi connectivity index (χ2n) is 5.22. The molecule has 1 aliphatic rings. The van der Waals surface area contributed by atoms with Crippen molar-refractivity contribution in [1.29, 1.82) is 0 Å². The number of nitrogens with one attached hydrogen (secondary N) is 2. The monoisotopic (exact) mass is 360 g/mol. The number of aryl methyl sites for hydroxylation is 1. The standard InChI is InChI=1S/C15H21BrN2O.ClH/c1-11-9-13(16)4-5-14(11)15(19)18-8-6-12-3-2-7-17-10-12;/h4-5,9,12,17H,2-3,6-8,10H2,1H3,(H,18,19);1H. The molecule has 1 saturated heterocycles. The molecule has 0 spiro atoms. The van der Waals surface area contributed by atoms with E-state index in [1.54, 1.807) is 0 Å². The minimum Gasteiger partial charge on any atom is -0.352 e. The second-order valence-corrected chi connectivity index (χ2v) is 6.13. The predicted octanol–water partition coefficient (Wildman–Crippen LogP) is 3.30. The minimum absolute atomic E-state index is 0. The third-order valence-electron chi connectivity index (χ3n) is 3.67. The summed E-state index contributed by atoms with van der Waals surface area (Å²) in [5.41, 5.74) is 1.77. The van der Waals surface area contributed by atoms with Gasteiger partial charge >= 0.3 is 0 Å². The Morgan fingerprint density at radius 3 is 2.95 bits per heavy atom. The molecule has 1 atom stereocenters. The Kier molecular flexibility index (Phi) is 7.56. The number of benzene rings is 1. The van der Waals surface area contributed by atoms with Crippen LogP contribution < -0.4 is 10.6 Å². The first kappa shape index (κ1) is 17.5. The van der Waals surface area contributed by atoms with E-state index < -0.39 is 0 Å². The van der Waals surface area contributed by atoms with Gasteiger partial charge in [-0.2, -0.15) is 0 Å². The van der Waals surface area contributed by atoms with Crippen LogP contribution in [0, 0.1) is 12.8 Å². The third-order valence-corrected chi connectivity index (χ3v) is 4.16. The van der Waals surface area contributed by atoms with Gasteiger partial charge in [0.05, 0.1) is 0 Å². The van der Waals surface area contributed by atoms with Crippen LogP contribution in [0.25, 0.3) is 0 Å². The van der Waals surface area contributed by atoms with Crippen LogP contribution in [0.3, 0.4) is 0 Å². The van der Waals surface area contributed by atoms with E-state index in [2.05, 4.69) is 26.6 Å². The van der Waals surface area contributed by atoms with Crippen molar-refractivity contribution in [1.82, 2.24) is 10.6 Å². The summed E-state index contributed by atoms with van der Waals surface area (Å²) in [5.74, 6) is 0.744. The van der Waals surface area contributed by atoms with E-state index in [1.807, 2.05) is 25.1 Å². The number of hydrogen-bond donors (Lipinski definition) is 2. The van der Waals surface area contributed by atoms with Gasteiger partial charge in [-0.05, 0) is 69.0 Å². The van der Waals surface area contributed by atoms with Crippen molar-refractivity contribution in [3.63, 3.8) is 0 Å². The van der Waals surface area contributed by atoms with Crippen molar-refractivity contribution in [2.24, 2.45) is 5.92 Å². The van der Waals surface area contributed by atoms with Crippen LogP contribution >= 0.6 is 28.3 Å². The number of carbonyl (C=O) groups excluding carboxylic acids is 1. The second kappa shape index (κ2) is 8.65. The number of carbonyl (C=O) groups is 1. The first-order valence-electron chi connectivity index (χ1n) is 6.92. The normalized spacial score (nSPS) is 18.2. The minimum atomic E-state index is 0. The van der Waals surface area contributed by atoms with E-state index in [1.165, 1.54) is 12.8 Å². The lowest BCUT2D eigenvalue weighted by atomic mass is 9.96. The van der Waals surface area contributed by atoms with Crippen molar-refractivity contribution in [3.05, 3.63) is 33.8 Å². The summed E-state index contributed by atoms with van der Waals surface area (Å²) < 4.78 is 1.01. The van der Waals surface area contributed by atoms with Crippen molar-refractivity contribution in [3.8, 4) is 0 Å². The zero-order valence-electron chi connectivity index (χ0n) is 11.7. The highest BCUT2D eigenvalue weighted by Crippen LogP contribution is 2.16. The molecule has 0 radical (unpaired) electrons. The molecule has 1 aromatic rings. The molecule has 20 heavy (non-hydrogen) atoms. The van der Waals surface area contributed by atoms with Gasteiger partial charge in [0.25, 0.3) is 5.91 Å². The highest BCUT2D eigenvalue weighted by atomic mass is 79.9. The maximum absolute atomic E-state index is 12.1. The van der Waals surface area contributed by atoms with Crippen molar-refractivity contribution < 1.29 is 4.79 Å². The first-order valence-corrected chi connectivity index (χ1v) is 7.71. The average molecular weight is 362 g/mol. The quantitative estimate of drug-likeness (QED) is 0.864. The number of amides is 1. The molecule has 1 unspecified atom stereocenters. The average Bonchev–Trinajstić information content (AvgIpc) is 2.39. The lowest BCUT2D eigenvalue weighted by Crippen LogP contribution is -2.33. The zero-order valence-corrected chi connectivity index (χ0v) is 14.1. The Bertz CT molecular complexity index is 447. The molecule has 1 amide bonds. The number of rotatable bonds is 4. The Labute approximate surface area is 135 Å².